The van der Waals surface area contributed by atoms with Crippen LogP contribution in [0.25, 0.3) is 0 Å². The number of fused-ring (bicyclic) bond motifs is 2. The Morgan fingerprint density at radius 1 is 1.16 bits per heavy atom. The van der Waals surface area contributed by atoms with Crippen molar-refractivity contribution in [1.82, 2.24) is 4.90 Å². The molecule has 5 rings (SSSR count). The minimum atomic E-state index is -1.43. The number of nitrogens with zero attached hydrogens (tertiary/aromatic N) is 2. The van der Waals surface area contributed by atoms with Crippen LogP contribution in [0.1, 0.15) is 33.6 Å². The smallest absolute Gasteiger partial charge is 0.313 e. The van der Waals surface area contributed by atoms with Crippen molar-refractivity contribution in [2.75, 3.05) is 24.7 Å². The normalized spacial score (nSPS) is 35.2. The van der Waals surface area contributed by atoms with Gasteiger partial charge in [0.05, 0.1) is 30.8 Å². The summed E-state index contributed by atoms with van der Waals surface area (Å²) in [4.78, 5) is 45.4. The molecule has 37 heavy (non-hydrogen) atoms. The highest BCUT2D eigenvalue weighted by Gasteiger charge is 2.79. The lowest BCUT2D eigenvalue weighted by molar-refractivity contribution is -0.158. The lowest BCUT2D eigenvalue weighted by Crippen LogP contribution is -2.59. The lowest BCUT2D eigenvalue weighted by atomic mass is 9.65. The summed E-state index contributed by atoms with van der Waals surface area (Å²) in [6.45, 7) is 5.67. The molecule has 2 fully saturated rings. The van der Waals surface area contributed by atoms with Gasteiger partial charge in [-0.05, 0) is 49.9 Å². The highest BCUT2D eigenvalue weighted by Crippen LogP contribution is 2.61. The number of likely N-dealkylation sites (tertiary alicyclic amines) is 1. The zero-order valence-electron chi connectivity index (χ0n) is 21.3. The number of cyclic esters (lactones) is 1. The van der Waals surface area contributed by atoms with E-state index in [1.165, 1.54) is 4.90 Å². The molecule has 9 heteroatoms. The molecule has 6 atom stereocenters. The molecule has 3 unspecified atom stereocenters. The number of hydrogen-bond donors (Lipinski definition) is 1. The molecule has 0 aliphatic carbocycles. The molecular formula is C28H33ClN2O6. The van der Waals surface area contributed by atoms with Gasteiger partial charge in [0.2, 0.25) is 5.91 Å². The van der Waals surface area contributed by atoms with Crippen molar-refractivity contribution in [3.63, 3.8) is 0 Å². The van der Waals surface area contributed by atoms with E-state index >= 15 is 0 Å². The number of rotatable bonds is 4. The number of aliphatic hydroxyl groups excluding tert-OH is 1. The second kappa shape index (κ2) is 9.57. The summed E-state index contributed by atoms with van der Waals surface area (Å²) >= 11 is 6.09. The monoisotopic (exact) mass is 528 g/mol. The van der Waals surface area contributed by atoms with Crippen molar-refractivity contribution in [3.05, 3.63) is 53.6 Å². The molecule has 2 saturated heterocycles. The van der Waals surface area contributed by atoms with Crippen molar-refractivity contribution >= 4 is 35.1 Å². The number of anilines is 1. The van der Waals surface area contributed by atoms with Crippen LogP contribution < -0.4 is 4.90 Å². The third-order valence-electron chi connectivity index (χ3n) is 8.40. The Morgan fingerprint density at radius 3 is 2.57 bits per heavy atom. The standard InChI is InChI=1S/C28H33ClN2O6/c1-17(2)20(16-32)31-23-24(33)30(19-11-9-18(29)10-12-19)14-7-13-28(23)27(3,26(31)35)22-21(37-28)8-5-4-6-15-36-25(22)34/h5,7-13,17,20-23,32H,4,6,14-16H2,1-3H3/b8-5-/t20?,21-,22?,23-,27+,28?/m1/s1. The van der Waals surface area contributed by atoms with E-state index in [9.17, 15) is 19.5 Å². The van der Waals surface area contributed by atoms with Gasteiger partial charge in [-0.15, -0.1) is 0 Å². The third-order valence-corrected chi connectivity index (χ3v) is 8.65. The topological polar surface area (TPSA) is 96.4 Å². The number of benzene rings is 1. The Hall–Kier alpha value is -2.68. The largest absolute Gasteiger partial charge is 0.465 e. The summed E-state index contributed by atoms with van der Waals surface area (Å²) in [6, 6.07) is 5.19. The fourth-order valence-electron chi connectivity index (χ4n) is 6.43. The van der Waals surface area contributed by atoms with Crippen LogP contribution in [-0.4, -0.2) is 71.3 Å². The fraction of sp³-hybridized carbons (Fsp3) is 0.536. The highest BCUT2D eigenvalue weighted by molar-refractivity contribution is 6.30. The zero-order chi connectivity index (χ0) is 26.5. The van der Waals surface area contributed by atoms with E-state index < -0.39 is 47.0 Å². The Labute approximate surface area is 221 Å². The minimum absolute atomic E-state index is 0.152. The van der Waals surface area contributed by atoms with Crippen LogP contribution in [0.4, 0.5) is 5.69 Å². The molecule has 1 spiro atoms. The van der Waals surface area contributed by atoms with E-state index in [0.717, 1.165) is 0 Å². The number of carbonyl (C=O) groups is 3. The van der Waals surface area contributed by atoms with Crippen molar-refractivity contribution in [1.29, 1.82) is 0 Å². The van der Waals surface area contributed by atoms with Crippen LogP contribution in [0.2, 0.25) is 5.02 Å². The summed E-state index contributed by atoms with van der Waals surface area (Å²) < 4.78 is 12.3. The van der Waals surface area contributed by atoms with Crippen LogP contribution >= 0.6 is 11.6 Å². The SMILES string of the molecule is CC(C)C(CO)N1C(=O)[C@]2(C)C3C(=O)OCCC/C=C\[C@H]3OC23C=CCN(c2ccc(Cl)cc2)C(=O)[C@@H]13. The second-order valence-electron chi connectivity index (χ2n) is 10.7. The molecule has 8 nitrogen and oxygen atoms in total. The van der Waals surface area contributed by atoms with Gasteiger partial charge in [0, 0.05) is 17.3 Å². The number of aliphatic hydroxyl groups is 1. The van der Waals surface area contributed by atoms with Gasteiger partial charge in [-0.1, -0.05) is 49.8 Å². The van der Waals surface area contributed by atoms with E-state index in [1.54, 1.807) is 42.2 Å². The number of hydrogen-bond acceptors (Lipinski definition) is 6. The van der Waals surface area contributed by atoms with Gasteiger partial charge in [-0.25, -0.2) is 0 Å². The second-order valence-corrected chi connectivity index (χ2v) is 11.2. The molecule has 0 aromatic heterocycles. The number of amides is 2. The van der Waals surface area contributed by atoms with E-state index in [2.05, 4.69) is 0 Å². The van der Waals surface area contributed by atoms with Gasteiger partial charge in [0.25, 0.3) is 5.91 Å². The molecule has 0 radical (unpaired) electrons. The van der Waals surface area contributed by atoms with E-state index in [4.69, 9.17) is 21.1 Å². The van der Waals surface area contributed by atoms with E-state index in [1.807, 2.05) is 32.1 Å². The maximum absolute atomic E-state index is 14.5. The number of allylic oxidation sites excluding steroid dienone is 1. The summed E-state index contributed by atoms with van der Waals surface area (Å²) in [7, 11) is 0. The predicted molar refractivity (Wildman–Crippen MR) is 138 cm³/mol. The van der Waals surface area contributed by atoms with Crippen LogP contribution in [0.3, 0.4) is 0 Å². The molecule has 1 aromatic rings. The van der Waals surface area contributed by atoms with Crippen LogP contribution in [0, 0.1) is 17.3 Å². The molecule has 0 saturated carbocycles. The van der Waals surface area contributed by atoms with Crippen LogP contribution in [0.15, 0.2) is 48.6 Å². The third kappa shape index (κ3) is 3.75. The van der Waals surface area contributed by atoms with Crippen LogP contribution in [0.5, 0.6) is 0 Å². The molecule has 198 valence electrons. The molecule has 1 aromatic carbocycles. The van der Waals surface area contributed by atoms with Gasteiger partial charge in [0.15, 0.2) is 0 Å². The Kier molecular flexibility index (Phi) is 6.71. The first-order valence-electron chi connectivity index (χ1n) is 12.9. The fourth-order valence-corrected chi connectivity index (χ4v) is 6.56. The highest BCUT2D eigenvalue weighted by atomic mass is 35.5. The number of carbonyl (C=O) groups excluding carboxylic acids is 3. The van der Waals surface area contributed by atoms with Crippen molar-refractivity contribution in [2.24, 2.45) is 17.3 Å². The first kappa shape index (κ1) is 25.9. The summed E-state index contributed by atoms with van der Waals surface area (Å²) in [6.07, 6.45) is 8.06. The van der Waals surface area contributed by atoms with Gasteiger partial charge in [0.1, 0.15) is 17.6 Å². The first-order chi connectivity index (χ1) is 17.7. The van der Waals surface area contributed by atoms with Crippen molar-refractivity contribution in [2.45, 2.75) is 57.4 Å². The molecule has 0 bridgehead atoms. The van der Waals surface area contributed by atoms with Crippen LogP contribution in [-0.2, 0) is 23.9 Å². The maximum atomic E-state index is 14.5. The number of halogens is 1. The Morgan fingerprint density at radius 2 is 1.89 bits per heavy atom. The molecule has 4 aliphatic heterocycles. The van der Waals surface area contributed by atoms with Gasteiger partial charge < -0.3 is 24.4 Å². The number of esters is 1. The van der Waals surface area contributed by atoms with E-state index in [-0.39, 0.29) is 31.6 Å². The molecule has 4 aliphatic rings. The predicted octanol–water partition coefficient (Wildman–Crippen LogP) is 3.12. The average Bonchev–Trinajstić information content (AvgIpc) is 3.17. The lowest BCUT2D eigenvalue weighted by Gasteiger charge is -2.40. The molecule has 1 N–H and O–H groups in total. The minimum Gasteiger partial charge on any atom is -0.465 e. The van der Waals surface area contributed by atoms with Crippen molar-refractivity contribution < 1.29 is 29.0 Å². The quantitative estimate of drug-likeness (QED) is 0.476. The molecule has 2 amide bonds. The Balaban J connectivity index is 1.70. The first-order valence-corrected chi connectivity index (χ1v) is 13.2. The van der Waals surface area contributed by atoms with E-state index in [0.29, 0.717) is 23.6 Å². The van der Waals surface area contributed by atoms with Gasteiger partial charge >= 0.3 is 5.97 Å². The molecular weight excluding hydrogens is 496 g/mol. The van der Waals surface area contributed by atoms with Crippen molar-refractivity contribution in [3.8, 4) is 0 Å². The summed E-state index contributed by atoms with van der Waals surface area (Å²) in [5, 5.41) is 10.9. The average molecular weight is 529 g/mol. The summed E-state index contributed by atoms with van der Waals surface area (Å²) in [5.41, 5.74) is -2.22. The number of ether oxygens (including phenoxy) is 2. The maximum Gasteiger partial charge on any atom is 0.313 e. The van der Waals surface area contributed by atoms with Gasteiger partial charge in [-0.2, -0.15) is 0 Å². The summed E-state index contributed by atoms with van der Waals surface area (Å²) in [5.74, 6) is -2.33. The Bertz CT molecular complexity index is 1150. The van der Waals surface area contributed by atoms with Gasteiger partial charge in [-0.3, -0.25) is 14.4 Å². The zero-order valence-corrected chi connectivity index (χ0v) is 22.1. The molecule has 4 heterocycles.